The van der Waals surface area contributed by atoms with Gasteiger partial charge in [-0.15, -0.1) is 0 Å². The van der Waals surface area contributed by atoms with Crippen LogP contribution in [0.3, 0.4) is 0 Å². The Kier molecular flexibility index (Phi) is 3.50. The molecule has 0 saturated carbocycles. The summed E-state index contributed by atoms with van der Waals surface area (Å²) in [6.45, 7) is 8.84. The van der Waals surface area contributed by atoms with Crippen molar-refractivity contribution in [2.75, 3.05) is 13.1 Å². The average Bonchev–Trinajstić information content (AvgIpc) is 2.40. The summed E-state index contributed by atoms with van der Waals surface area (Å²) >= 11 is 6.32. The molecule has 1 aromatic heterocycles. The summed E-state index contributed by atoms with van der Waals surface area (Å²) in [5.41, 5.74) is 2.70. The minimum atomic E-state index is 0.394. The first kappa shape index (κ1) is 12.9. The number of aromatic nitrogens is 2. The van der Waals surface area contributed by atoms with E-state index < -0.39 is 0 Å². The Morgan fingerprint density at radius 1 is 1.47 bits per heavy atom. The van der Waals surface area contributed by atoms with Crippen molar-refractivity contribution >= 4 is 11.6 Å². The fourth-order valence-electron chi connectivity index (χ4n) is 2.94. The lowest BCUT2D eigenvalue weighted by Gasteiger charge is -2.44. The first-order valence-corrected chi connectivity index (χ1v) is 6.70. The zero-order valence-corrected chi connectivity index (χ0v) is 11.9. The van der Waals surface area contributed by atoms with Crippen LogP contribution in [0.5, 0.6) is 0 Å². The Morgan fingerprint density at radius 2 is 2.12 bits per heavy atom. The van der Waals surface area contributed by atoms with Gasteiger partial charge >= 0.3 is 0 Å². The molecule has 4 heteroatoms. The smallest absolute Gasteiger partial charge is 0.130 e. The molecule has 2 heterocycles. The summed E-state index contributed by atoms with van der Waals surface area (Å²) < 4.78 is 1.78. The van der Waals surface area contributed by atoms with E-state index in [1.165, 1.54) is 12.0 Å². The van der Waals surface area contributed by atoms with Gasteiger partial charge in [0.05, 0.1) is 5.69 Å². The van der Waals surface area contributed by atoms with E-state index in [0.29, 0.717) is 5.41 Å². The SMILES string of the molecule is Cc1nn(C)c(Cl)c1CC1(CC(C)C)CNC1. The monoisotopic (exact) mass is 255 g/mol. The number of halogens is 1. The molecule has 0 radical (unpaired) electrons. The van der Waals surface area contributed by atoms with E-state index in [9.17, 15) is 0 Å². The summed E-state index contributed by atoms with van der Waals surface area (Å²) in [4.78, 5) is 0. The van der Waals surface area contributed by atoms with Crippen molar-refractivity contribution in [3.05, 3.63) is 16.4 Å². The van der Waals surface area contributed by atoms with Gasteiger partial charge in [-0.1, -0.05) is 25.4 Å². The van der Waals surface area contributed by atoms with Crippen molar-refractivity contribution in [1.82, 2.24) is 15.1 Å². The van der Waals surface area contributed by atoms with Gasteiger partial charge in [0.25, 0.3) is 0 Å². The standard InChI is InChI=1S/C13H22ClN3/c1-9(2)5-13(7-15-8-13)6-11-10(3)16-17(4)12(11)14/h9,15H,5-8H2,1-4H3. The fourth-order valence-corrected chi connectivity index (χ4v) is 3.18. The molecular weight excluding hydrogens is 234 g/mol. The lowest BCUT2D eigenvalue weighted by molar-refractivity contribution is 0.131. The van der Waals surface area contributed by atoms with Crippen LogP contribution in [0.25, 0.3) is 0 Å². The van der Waals surface area contributed by atoms with E-state index in [1.807, 2.05) is 7.05 Å². The Hall–Kier alpha value is -0.540. The summed E-state index contributed by atoms with van der Waals surface area (Å²) in [6.07, 6.45) is 2.31. The molecule has 1 aliphatic rings. The third-order valence-corrected chi connectivity index (χ3v) is 4.14. The molecule has 0 spiro atoms. The summed E-state index contributed by atoms with van der Waals surface area (Å²) in [7, 11) is 1.91. The van der Waals surface area contributed by atoms with Crippen LogP contribution in [0.2, 0.25) is 5.15 Å². The first-order valence-electron chi connectivity index (χ1n) is 6.32. The van der Waals surface area contributed by atoms with Gasteiger partial charge in [0.2, 0.25) is 0 Å². The molecule has 3 nitrogen and oxygen atoms in total. The molecule has 1 aliphatic heterocycles. The second-order valence-corrected chi connectivity index (χ2v) is 6.21. The third kappa shape index (κ3) is 2.50. The van der Waals surface area contributed by atoms with Crippen molar-refractivity contribution < 1.29 is 0 Å². The van der Waals surface area contributed by atoms with Crippen LogP contribution in [0.1, 0.15) is 31.5 Å². The molecule has 0 atom stereocenters. The van der Waals surface area contributed by atoms with E-state index in [2.05, 4.69) is 31.2 Å². The van der Waals surface area contributed by atoms with Gasteiger partial charge in [-0.25, -0.2) is 0 Å². The molecule has 0 aliphatic carbocycles. The van der Waals surface area contributed by atoms with Crippen LogP contribution in [0.4, 0.5) is 0 Å². The number of nitrogens with one attached hydrogen (secondary N) is 1. The predicted octanol–water partition coefficient (Wildman–Crippen LogP) is 2.56. The Bertz CT molecular complexity index is 405. The molecule has 1 aromatic rings. The van der Waals surface area contributed by atoms with Crippen LogP contribution in [0.15, 0.2) is 0 Å². The molecule has 2 rings (SSSR count). The Morgan fingerprint density at radius 3 is 2.47 bits per heavy atom. The Labute approximate surface area is 109 Å². The van der Waals surface area contributed by atoms with Gasteiger partial charge in [-0.2, -0.15) is 5.10 Å². The van der Waals surface area contributed by atoms with Gasteiger partial charge in [-0.3, -0.25) is 4.68 Å². The maximum absolute atomic E-state index is 6.32. The first-order chi connectivity index (χ1) is 7.93. The van der Waals surface area contributed by atoms with E-state index in [4.69, 9.17) is 11.6 Å². The van der Waals surface area contributed by atoms with Crippen LogP contribution in [-0.2, 0) is 13.5 Å². The van der Waals surface area contributed by atoms with Crippen molar-refractivity contribution in [2.45, 2.75) is 33.6 Å². The molecule has 17 heavy (non-hydrogen) atoms. The third-order valence-electron chi connectivity index (χ3n) is 3.66. The van der Waals surface area contributed by atoms with Crippen molar-refractivity contribution in [3.63, 3.8) is 0 Å². The molecule has 1 N–H and O–H groups in total. The maximum atomic E-state index is 6.32. The minimum absolute atomic E-state index is 0.394. The highest BCUT2D eigenvalue weighted by molar-refractivity contribution is 6.30. The van der Waals surface area contributed by atoms with Crippen LogP contribution < -0.4 is 5.32 Å². The molecule has 1 fully saturated rings. The topological polar surface area (TPSA) is 29.9 Å². The zero-order chi connectivity index (χ0) is 12.6. The minimum Gasteiger partial charge on any atom is -0.316 e. The van der Waals surface area contributed by atoms with E-state index in [0.717, 1.165) is 36.3 Å². The summed E-state index contributed by atoms with van der Waals surface area (Å²) in [6, 6.07) is 0. The molecule has 0 unspecified atom stereocenters. The highest BCUT2D eigenvalue weighted by atomic mass is 35.5. The Balaban J connectivity index is 2.18. The predicted molar refractivity (Wildman–Crippen MR) is 71.4 cm³/mol. The second-order valence-electron chi connectivity index (χ2n) is 5.86. The van der Waals surface area contributed by atoms with Crippen molar-refractivity contribution in [3.8, 4) is 0 Å². The summed E-state index contributed by atoms with van der Waals surface area (Å²) in [5, 5.41) is 8.60. The zero-order valence-electron chi connectivity index (χ0n) is 11.2. The average molecular weight is 256 g/mol. The van der Waals surface area contributed by atoms with E-state index >= 15 is 0 Å². The van der Waals surface area contributed by atoms with Gasteiger partial charge in [-0.05, 0) is 31.1 Å². The van der Waals surface area contributed by atoms with Crippen LogP contribution in [-0.4, -0.2) is 22.9 Å². The molecule has 0 bridgehead atoms. The lowest BCUT2D eigenvalue weighted by Crippen LogP contribution is -2.55. The van der Waals surface area contributed by atoms with Gasteiger partial charge < -0.3 is 5.32 Å². The number of rotatable bonds is 4. The van der Waals surface area contributed by atoms with Gasteiger partial charge in [0.15, 0.2) is 0 Å². The van der Waals surface area contributed by atoms with Crippen LogP contribution >= 0.6 is 11.6 Å². The fraction of sp³-hybridized carbons (Fsp3) is 0.769. The molecule has 96 valence electrons. The van der Waals surface area contributed by atoms with Crippen molar-refractivity contribution in [2.24, 2.45) is 18.4 Å². The lowest BCUT2D eigenvalue weighted by atomic mass is 9.71. The number of hydrogen-bond donors (Lipinski definition) is 1. The largest absolute Gasteiger partial charge is 0.316 e. The quantitative estimate of drug-likeness (QED) is 0.896. The second kappa shape index (κ2) is 4.62. The molecule has 1 saturated heterocycles. The normalized spacial score (nSPS) is 18.5. The highest BCUT2D eigenvalue weighted by Crippen LogP contribution is 2.37. The number of nitrogens with zero attached hydrogens (tertiary/aromatic N) is 2. The highest BCUT2D eigenvalue weighted by Gasteiger charge is 2.38. The maximum Gasteiger partial charge on any atom is 0.130 e. The van der Waals surface area contributed by atoms with Gasteiger partial charge in [0.1, 0.15) is 5.15 Å². The molecule has 0 amide bonds. The summed E-state index contributed by atoms with van der Waals surface area (Å²) in [5.74, 6) is 0.729. The van der Waals surface area contributed by atoms with E-state index in [-0.39, 0.29) is 0 Å². The van der Waals surface area contributed by atoms with Crippen LogP contribution in [0, 0.1) is 18.3 Å². The number of hydrogen-bond acceptors (Lipinski definition) is 2. The van der Waals surface area contributed by atoms with E-state index in [1.54, 1.807) is 4.68 Å². The molecular formula is C13H22ClN3. The van der Waals surface area contributed by atoms with Gasteiger partial charge in [0, 0.05) is 25.7 Å². The molecule has 0 aromatic carbocycles. The van der Waals surface area contributed by atoms with Crippen molar-refractivity contribution in [1.29, 1.82) is 0 Å². The number of aryl methyl sites for hydroxylation is 2.